The zero-order valence-electron chi connectivity index (χ0n) is 7.00. The minimum Gasteiger partial charge on any atom is -0.381 e. The van der Waals surface area contributed by atoms with Crippen LogP contribution in [0.5, 0.6) is 0 Å². The van der Waals surface area contributed by atoms with Crippen molar-refractivity contribution in [3.05, 3.63) is 0 Å². The van der Waals surface area contributed by atoms with Gasteiger partial charge in [-0.25, -0.2) is 0 Å². The Bertz CT molecular complexity index is 144. The molecule has 3 nitrogen and oxygen atoms in total. The fourth-order valence-corrected chi connectivity index (χ4v) is 1.39. The van der Waals surface area contributed by atoms with E-state index in [1.54, 1.807) is 14.2 Å². The minimum atomic E-state index is -0.228. The lowest BCUT2D eigenvalue weighted by atomic mass is 9.94. The summed E-state index contributed by atoms with van der Waals surface area (Å²) < 4.78 is 10.1. The van der Waals surface area contributed by atoms with E-state index >= 15 is 0 Å². The lowest BCUT2D eigenvalue weighted by molar-refractivity contribution is -0.135. The summed E-state index contributed by atoms with van der Waals surface area (Å²) in [6, 6.07) is 0. The molecule has 1 aliphatic carbocycles. The monoisotopic (exact) mass is 158 g/mol. The zero-order valence-corrected chi connectivity index (χ0v) is 7.00. The molecular weight excluding hydrogens is 144 g/mol. The number of ether oxygens (including phenoxy) is 2. The summed E-state index contributed by atoms with van der Waals surface area (Å²) in [4.78, 5) is 11.1. The molecule has 0 radical (unpaired) electrons. The predicted octanol–water partition coefficient (Wildman–Crippen LogP) is 0.769. The van der Waals surface area contributed by atoms with Crippen LogP contribution < -0.4 is 0 Å². The summed E-state index contributed by atoms with van der Waals surface area (Å²) >= 11 is 0. The summed E-state index contributed by atoms with van der Waals surface area (Å²) in [7, 11) is 3.24. The molecule has 0 N–H and O–H groups in total. The second-order valence-corrected chi connectivity index (χ2v) is 2.82. The molecule has 0 saturated heterocycles. The Kier molecular flexibility index (Phi) is 3.02. The van der Waals surface area contributed by atoms with Gasteiger partial charge >= 0.3 is 0 Å². The average Bonchev–Trinajstić information content (AvgIpc) is 2.05. The molecule has 0 aromatic heterocycles. The fourth-order valence-electron chi connectivity index (χ4n) is 1.39. The van der Waals surface area contributed by atoms with Gasteiger partial charge in [-0.05, 0) is 6.42 Å². The summed E-state index contributed by atoms with van der Waals surface area (Å²) in [5.74, 6) is 0.209. The van der Waals surface area contributed by atoms with Crippen molar-refractivity contribution < 1.29 is 14.3 Å². The van der Waals surface area contributed by atoms with Gasteiger partial charge in [-0.15, -0.1) is 0 Å². The van der Waals surface area contributed by atoms with E-state index in [1.807, 2.05) is 0 Å². The highest BCUT2D eigenvalue weighted by Crippen LogP contribution is 2.19. The van der Waals surface area contributed by atoms with E-state index < -0.39 is 0 Å². The molecule has 0 amide bonds. The summed E-state index contributed by atoms with van der Waals surface area (Å²) in [6.45, 7) is 0. The molecule has 2 atom stereocenters. The highest BCUT2D eigenvalue weighted by molar-refractivity contribution is 5.83. The van der Waals surface area contributed by atoms with E-state index in [4.69, 9.17) is 9.47 Å². The quantitative estimate of drug-likeness (QED) is 0.595. The van der Waals surface area contributed by atoms with Gasteiger partial charge in [0, 0.05) is 27.1 Å². The van der Waals surface area contributed by atoms with E-state index in [0.29, 0.717) is 12.8 Å². The van der Waals surface area contributed by atoms with Crippen LogP contribution in [0, 0.1) is 0 Å². The third-order valence-corrected chi connectivity index (χ3v) is 2.17. The van der Waals surface area contributed by atoms with Gasteiger partial charge in [0.25, 0.3) is 0 Å². The van der Waals surface area contributed by atoms with Crippen LogP contribution in [0.4, 0.5) is 0 Å². The van der Waals surface area contributed by atoms with Crippen LogP contribution in [-0.2, 0) is 14.3 Å². The molecule has 3 heteroatoms. The molecule has 0 spiro atoms. The van der Waals surface area contributed by atoms with Crippen molar-refractivity contribution in [1.29, 1.82) is 0 Å². The topological polar surface area (TPSA) is 35.5 Å². The number of carbonyl (C=O) groups excluding carboxylic acids is 1. The van der Waals surface area contributed by atoms with Crippen LogP contribution in [0.2, 0.25) is 0 Å². The van der Waals surface area contributed by atoms with E-state index in [-0.39, 0.29) is 18.0 Å². The summed E-state index contributed by atoms with van der Waals surface area (Å²) in [6.07, 6.45) is 2.13. The normalized spacial score (nSPS) is 32.4. The largest absolute Gasteiger partial charge is 0.381 e. The molecule has 0 aromatic rings. The maximum atomic E-state index is 11.1. The number of methoxy groups -OCH3 is 2. The van der Waals surface area contributed by atoms with Gasteiger partial charge in [0.2, 0.25) is 0 Å². The van der Waals surface area contributed by atoms with Crippen molar-refractivity contribution in [2.45, 2.75) is 31.5 Å². The molecule has 1 fully saturated rings. The third kappa shape index (κ3) is 2.01. The van der Waals surface area contributed by atoms with Crippen LogP contribution in [0.1, 0.15) is 19.3 Å². The SMILES string of the molecule is COC1CCC(=O)C(OC)C1. The zero-order chi connectivity index (χ0) is 8.27. The van der Waals surface area contributed by atoms with E-state index in [1.165, 1.54) is 0 Å². The van der Waals surface area contributed by atoms with Crippen molar-refractivity contribution in [1.82, 2.24) is 0 Å². The molecule has 11 heavy (non-hydrogen) atoms. The Morgan fingerprint density at radius 2 is 2.09 bits per heavy atom. The second kappa shape index (κ2) is 3.83. The van der Waals surface area contributed by atoms with Gasteiger partial charge in [-0.3, -0.25) is 4.79 Å². The number of ketones is 1. The second-order valence-electron chi connectivity index (χ2n) is 2.82. The Morgan fingerprint density at radius 3 is 2.64 bits per heavy atom. The first-order valence-electron chi connectivity index (χ1n) is 3.86. The average molecular weight is 158 g/mol. The van der Waals surface area contributed by atoms with Gasteiger partial charge in [-0.2, -0.15) is 0 Å². The van der Waals surface area contributed by atoms with Crippen molar-refractivity contribution in [2.75, 3.05) is 14.2 Å². The Hall–Kier alpha value is -0.410. The van der Waals surface area contributed by atoms with Crippen LogP contribution >= 0.6 is 0 Å². The minimum absolute atomic E-state index is 0.206. The Morgan fingerprint density at radius 1 is 1.36 bits per heavy atom. The van der Waals surface area contributed by atoms with Crippen LogP contribution in [0.15, 0.2) is 0 Å². The van der Waals surface area contributed by atoms with Crippen molar-refractivity contribution in [2.24, 2.45) is 0 Å². The number of hydrogen-bond donors (Lipinski definition) is 0. The third-order valence-electron chi connectivity index (χ3n) is 2.17. The Balaban J connectivity index is 2.44. The van der Waals surface area contributed by atoms with Crippen LogP contribution in [0.25, 0.3) is 0 Å². The van der Waals surface area contributed by atoms with Crippen molar-refractivity contribution in [3.63, 3.8) is 0 Å². The highest BCUT2D eigenvalue weighted by atomic mass is 16.5. The van der Waals surface area contributed by atoms with E-state index in [2.05, 4.69) is 0 Å². The number of Topliss-reactive ketones (excluding diaryl/α,β-unsaturated/α-hetero) is 1. The first-order chi connectivity index (χ1) is 5.27. The molecule has 64 valence electrons. The van der Waals surface area contributed by atoms with E-state index in [0.717, 1.165) is 6.42 Å². The molecule has 2 unspecified atom stereocenters. The molecule has 1 rings (SSSR count). The fraction of sp³-hybridized carbons (Fsp3) is 0.875. The lowest BCUT2D eigenvalue weighted by Crippen LogP contribution is -2.34. The predicted molar refractivity (Wildman–Crippen MR) is 40.5 cm³/mol. The standard InChI is InChI=1S/C8H14O3/c1-10-6-3-4-7(9)8(5-6)11-2/h6,8H,3-5H2,1-2H3. The van der Waals surface area contributed by atoms with Gasteiger partial charge in [-0.1, -0.05) is 0 Å². The van der Waals surface area contributed by atoms with Gasteiger partial charge in [0.15, 0.2) is 5.78 Å². The summed E-state index contributed by atoms with van der Waals surface area (Å²) in [5.41, 5.74) is 0. The maximum absolute atomic E-state index is 11.1. The first-order valence-corrected chi connectivity index (χ1v) is 3.86. The molecule has 0 aliphatic heterocycles. The first kappa shape index (κ1) is 8.68. The highest BCUT2D eigenvalue weighted by Gasteiger charge is 2.28. The van der Waals surface area contributed by atoms with Gasteiger partial charge < -0.3 is 9.47 Å². The molecule has 0 heterocycles. The van der Waals surface area contributed by atoms with Crippen molar-refractivity contribution >= 4 is 5.78 Å². The Labute approximate surface area is 66.7 Å². The maximum Gasteiger partial charge on any atom is 0.161 e. The number of rotatable bonds is 2. The molecule has 0 bridgehead atoms. The molecule has 1 saturated carbocycles. The van der Waals surface area contributed by atoms with E-state index in [9.17, 15) is 4.79 Å². The smallest absolute Gasteiger partial charge is 0.161 e. The van der Waals surface area contributed by atoms with Crippen LogP contribution in [-0.4, -0.2) is 32.2 Å². The van der Waals surface area contributed by atoms with Crippen LogP contribution in [0.3, 0.4) is 0 Å². The molecule has 1 aliphatic rings. The van der Waals surface area contributed by atoms with Gasteiger partial charge in [0.05, 0.1) is 6.10 Å². The summed E-state index contributed by atoms with van der Waals surface area (Å²) in [5, 5.41) is 0. The molecular formula is C8H14O3. The van der Waals surface area contributed by atoms with Gasteiger partial charge in [0.1, 0.15) is 6.10 Å². The number of carbonyl (C=O) groups is 1. The molecule has 0 aromatic carbocycles. The lowest BCUT2D eigenvalue weighted by Gasteiger charge is -2.25. The number of hydrogen-bond acceptors (Lipinski definition) is 3. The van der Waals surface area contributed by atoms with Crippen molar-refractivity contribution in [3.8, 4) is 0 Å².